The van der Waals surface area contributed by atoms with Crippen LogP contribution in [0.25, 0.3) is 0 Å². The first-order valence-electron chi connectivity index (χ1n) is 6.28. The molecule has 1 N–H and O–H groups in total. The topological polar surface area (TPSA) is 38.7 Å². The van der Waals surface area contributed by atoms with Gasteiger partial charge in [-0.3, -0.25) is 0 Å². The zero-order valence-corrected chi connectivity index (χ0v) is 11.5. The van der Waals surface area contributed by atoms with E-state index >= 15 is 0 Å². The molecule has 0 aliphatic heterocycles. The van der Waals surface area contributed by atoms with Crippen molar-refractivity contribution < 1.29 is 19.0 Å². The van der Waals surface area contributed by atoms with Gasteiger partial charge in [0, 0.05) is 12.5 Å². The Bertz CT molecular complexity index is 544. The quantitative estimate of drug-likeness (QED) is 0.912. The number of halogens is 1. The molecule has 1 unspecified atom stereocenters. The molecule has 3 nitrogen and oxygen atoms in total. The van der Waals surface area contributed by atoms with Gasteiger partial charge in [-0.05, 0) is 35.4 Å². The Hall–Kier alpha value is -2.07. The van der Waals surface area contributed by atoms with Gasteiger partial charge >= 0.3 is 0 Å². The largest absolute Gasteiger partial charge is 0.497 e. The third kappa shape index (κ3) is 3.48. The second kappa shape index (κ2) is 6.39. The molecule has 106 valence electrons. The van der Waals surface area contributed by atoms with Crippen LogP contribution in [0.15, 0.2) is 42.5 Å². The van der Waals surface area contributed by atoms with Gasteiger partial charge in [-0.2, -0.15) is 0 Å². The Morgan fingerprint density at radius 1 is 1.00 bits per heavy atom. The van der Waals surface area contributed by atoms with Crippen LogP contribution in [0.3, 0.4) is 0 Å². The van der Waals surface area contributed by atoms with Crippen molar-refractivity contribution in [1.29, 1.82) is 0 Å². The maximum absolute atomic E-state index is 12.8. The second-order valence-corrected chi connectivity index (χ2v) is 4.49. The number of ether oxygens (including phenoxy) is 2. The maximum Gasteiger partial charge on any atom is 0.123 e. The van der Waals surface area contributed by atoms with E-state index in [2.05, 4.69) is 0 Å². The summed E-state index contributed by atoms with van der Waals surface area (Å²) < 4.78 is 23.2. The van der Waals surface area contributed by atoms with Crippen molar-refractivity contribution in [3.05, 3.63) is 59.4 Å². The monoisotopic (exact) mass is 276 g/mol. The summed E-state index contributed by atoms with van der Waals surface area (Å²) in [5.74, 6) is 0.960. The summed E-state index contributed by atoms with van der Waals surface area (Å²) in [5.41, 5.74) is 1.56. The van der Waals surface area contributed by atoms with Crippen LogP contribution in [0, 0.1) is 5.82 Å². The number of aliphatic hydroxyl groups excluding tert-OH is 1. The third-order valence-corrected chi connectivity index (χ3v) is 3.10. The number of methoxy groups -OCH3 is 2. The van der Waals surface area contributed by atoms with Crippen LogP contribution in [-0.4, -0.2) is 19.3 Å². The van der Waals surface area contributed by atoms with Crippen molar-refractivity contribution in [2.75, 3.05) is 14.2 Å². The average molecular weight is 276 g/mol. The number of rotatable bonds is 5. The van der Waals surface area contributed by atoms with Crippen molar-refractivity contribution in [2.24, 2.45) is 0 Å². The van der Waals surface area contributed by atoms with Gasteiger partial charge in [-0.15, -0.1) is 0 Å². The molecule has 0 heterocycles. The minimum absolute atomic E-state index is 0.286. The minimum Gasteiger partial charge on any atom is -0.497 e. The Balaban J connectivity index is 2.19. The van der Waals surface area contributed by atoms with Crippen LogP contribution in [0.2, 0.25) is 0 Å². The van der Waals surface area contributed by atoms with Gasteiger partial charge in [0.2, 0.25) is 0 Å². The molecule has 2 aromatic carbocycles. The summed E-state index contributed by atoms with van der Waals surface area (Å²) >= 11 is 0. The fourth-order valence-electron chi connectivity index (χ4n) is 1.98. The van der Waals surface area contributed by atoms with E-state index < -0.39 is 6.10 Å². The zero-order valence-electron chi connectivity index (χ0n) is 11.5. The third-order valence-electron chi connectivity index (χ3n) is 3.10. The number of hydrogen-bond donors (Lipinski definition) is 1. The van der Waals surface area contributed by atoms with Gasteiger partial charge in [0.25, 0.3) is 0 Å². The highest BCUT2D eigenvalue weighted by molar-refractivity contribution is 5.39. The first-order valence-corrected chi connectivity index (χ1v) is 6.28. The van der Waals surface area contributed by atoms with E-state index in [-0.39, 0.29) is 5.82 Å². The van der Waals surface area contributed by atoms with Gasteiger partial charge in [0.1, 0.15) is 17.3 Å². The second-order valence-electron chi connectivity index (χ2n) is 4.49. The fourth-order valence-corrected chi connectivity index (χ4v) is 1.98. The fraction of sp³-hybridized carbons (Fsp3) is 0.250. The lowest BCUT2D eigenvalue weighted by Gasteiger charge is -2.14. The lowest BCUT2D eigenvalue weighted by molar-refractivity contribution is 0.177. The van der Waals surface area contributed by atoms with E-state index in [1.807, 2.05) is 0 Å². The van der Waals surface area contributed by atoms with E-state index in [1.165, 1.54) is 12.1 Å². The van der Waals surface area contributed by atoms with Crippen LogP contribution < -0.4 is 9.47 Å². The number of benzene rings is 2. The number of aliphatic hydroxyl groups is 1. The minimum atomic E-state index is -0.704. The normalized spacial score (nSPS) is 12.0. The summed E-state index contributed by atoms with van der Waals surface area (Å²) in [7, 11) is 3.12. The van der Waals surface area contributed by atoms with Crippen molar-refractivity contribution >= 4 is 0 Å². The van der Waals surface area contributed by atoms with Crippen LogP contribution in [0.4, 0.5) is 4.39 Å². The summed E-state index contributed by atoms with van der Waals surface area (Å²) in [5, 5.41) is 10.3. The van der Waals surface area contributed by atoms with E-state index in [0.29, 0.717) is 23.5 Å². The highest BCUT2D eigenvalue weighted by Crippen LogP contribution is 2.28. The van der Waals surface area contributed by atoms with Crippen molar-refractivity contribution in [3.8, 4) is 11.5 Å². The summed E-state index contributed by atoms with van der Waals surface area (Å²) in [6.45, 7) is 0. The van der Waals surface area contributed by atoms with Crippen molar-refractivity contribution in [3.63, 3.8) is 0 Å². The Kier molecular flexibility index (Phi) is 4.58. The SMILES string of the molecule is COc1cc(OC)cc(C(O)Cc2ccc(F)cc2)c1. The predicted octanol–water partition coefficient (Wildman–Crippen LogP) is 3.12. The molecule has 0 saturated heterocycles. The van der Waals surface area contributed by atoms with E-state index in [0.717, 1.165) is 5.56 Å². The van der Waals surface area contributed by atoms with Crippen LogP contribution >= 0.6 is 0 Å². The molecule has 20 heavy (non-hydrogen) atoms. The molecule has 0 aliphatic carbocycles. The van der Waals surface area contributed by atoms with E-state index in [1.54, 1.807) is 44.6 Å². The first-order chi connectivity index (χ1) is 9.62. The molecule has 0 bridgehead atoms. The molecular formula is C16H17FO3. The highest BCUT2D eigenvalue weighted by Gasteiger charge is 2.12. The molecule has 0 fully saturated rings. The first kappa shape index (κ1) is 14.3. The standard InChI is InChI=1S/C16H17FO3/c1-19-14-8-12(9-15(10-14)20-2)16(18)7-11-3-5-13(17)6-4-11/h3-6,8-10,16,18H,7H2,1-2H3. The molecule has 0 radical (unpaired) electrons. The Morgan fingerprint density at radius 3 is 2.05 bits per heavy atom. The van der Waals surface area contributed by atoms with Crippen LogP contribution in [0.1, 0.15) is 17.2 Å². The average Bonchev–Trinajstić information content (AvgIpc) is 2.48. The van der Waals surface area contributed by atoms with Crippen molar-refractivity contribution in [2.45, 2.75) is 12.5 Å². The molecule has 0 amide bonds. The molecule has 2 aromatic rings. The molecule has 2 rings (SSSR count). The van der Waals surface area contributed by atoms with E-state index in [4.69, 9.17) is 9.47 Å². The summed E-state index contributed by atoms with van der Waals surface area (Å²) in [6.07, 6.45) is -0.305. The molecule has 0 spiro atoms. The Morgan fingerprint density at radius 2 is 1.55 bits per heavy atom. The molecule has 4 heteroatoms. The van der Waals surface area contributed by atoms with Gasteiger partial charge in [0.05, 0.1) is 20.3 Å². The molecule has 0 saturated carbocycles. The van der Waals surface area contributed by atoms with Gasteiger partial charge in [0.15, 0.2) is 0 Å². The molecular weight excluding hydrogens is 259 g/mol. The lowest BCUT2D eigenvalue weighted by Crippen LogP contribution is -2.03. The van der Waals surface area contributed by atoms with Crippen LogP contribution in [0.5, 0.6) is 11.5 Å². The molecule has 1 atom stereocenters. The van der Waals surface area contributed by atoms with E-state index in [9.17, 15) is 9.50 Å². The van der Waals surface area contributed by atoms with Gasteiger partial charge in [-0.1, -0.05) is 12.1 Å². The van der Waals surface area contributed by atoms with Crippen LogP contribution in [-0.2, 0) is 6.42 Å². The zero-order chi connectivity index (χ0) is 14.5. The summed E-state index contributed by atoms with van der Waals surface area (Å²) in [4.78, 5) is 0. The van der Waals surface area contributed by atoms with Gasteiger partial charge < -0.3 is 14.6 Å². The molecule has 0 aromatic heterocycles. The number of hydrogen-bond acceptors (Lipinski definition) is 3. The van der Waals surface area contributed by atoms with Gasteiger partial charge in [-0.25, -0.2) is 4.39 Å². The molecule has 0 aliphatic rings. The smallest absolute Gasteiger partial charge is 0.123 e. The van der Waals surface area contributed by atoms with Crippen molar-refractivity contribution in [1.82, 2.24) is 0 Å². The maximum atomic E-state index is 12.8. The summed E-state index contributed by atoms with van der Waals surface area (Å²) in [6, 6.07) is 11.4. The Labute approximate surface area is 117 Å². The predicted molar refractivity (Wildman–Crippen MR) is 74.6 cm³/mol. The lowest BCUT2D eigenvalue weighted by atomic mass is 10.0. The highest BCUT2D eigenvalue weighted by atomic mass is 19.1.